The van der Waals surface area contributed by atoms with Crippen LogP contribution >= 0.6 is 0 Å². The summed E-state index contributed by atoms with van der Waals surface area (Å²) in [7, 11) is 1.65. The number of carbonyl (C=O) groups excluding carboxylic acids is 2. The lowest BCUT2D eigenvalue weighted by atomic mass is 10.1. The molecule has 0 aliphatic carbocycles. The summed E-state index contributed by atoms with van der Waals surface area (Å²) in [6.07, 6.45) is 6.39. The summed E-state index contributed by atoms with van der Waals surface area (Å²) in [4.78, 5) is 29.6. The molecule has 1 fully saturated rings. The van der Waals surface area contributed by atoms with Crippen molar-refractivity contribution >= 4 is 28.5 Å². The fourth-order valence-corrected chi connectivity index (χ4v) is 3.47. The average Bonchev–Trinajstić information content (AvgIpc) is 3.38. The lowest BCUT2D eigenvalue weighted by Gasteiger charge is -2.25. The number of aryl methyl sites for hydroxylation is 2. The first-order valence-corrected chi connectivity index (χ1v) is 9.86. The number of carbonyl (C=O) groups is 2. The van der Waals surface area contributed by atoms with Crippen LogP contribution < -0.4 is 16.2 Å². The van der Waals surface area contributed by atoms with Crippen molar-refractivity contribution in [3.8, 4) is 0 Å². The van der Waals surface area contributed by atoms with Crippen molar-refractivity contribution in [1.29, 1.82) is 0 Å². The van der Waals surface area contributed by atoms with Crippen LogP contribution in [0.1, 0.15) is 40.6 Å². The molecule has 1 saturated heterocycles. The molecule has 3 N–H and O–H groups in total. The molecule has 3 aromatic rings. The van der Waals surface area contributed by atoms with Crippen molar-refractivity contribution in [2.75, 3.05) is 18.5 Å². The van der Waals surface area contributed by atoms with E-state index in [4.69, 9.17) is 4.74 Å². The van der Waals surface area contributed by atoms with Crippen molar-refractivity contribution in [3.05, 3.63) is 35.9 Å². The Kier molecular flexibility index (Phi) is 5.61. The van der Waals surface area contributed by atoms with E-state index in [-0.39, 0.29) is 6.04 Å². The van der Waals surface area contributed by atoms with Crippen molar-refractivity contribution < 1.29 is 14.3 Å². The highest BCUT2D eigenvalue weighted by Crippen LogP contribution is 2.28. The van der Waals surface area contributed by atoms with E-state index in [1.807, 2.05) is 6.92 Å². The molecule has 3 aromatic heterocycles. The second-order valence-corrected chi connectivity index (χ2v) is 7.02. The van der Waals surface area contributed by atoms with E-state index in [0.717, 1.165) is 18.2 Å². The number of pyridine rings is 1. The number of hydrogen-bond acceptors (Lipinski definition) is 7. The predicted octanol–water partition coefficient (Wildman–Crippen LogP) is 0.850. The van der Waals surface area contributed by atoms with Crippen LogP contribution in [0.4, 0.5) is 5.69 Å². The first-order valence-electron chi connectivity index (χ1n) is 9.86. The van der Waals surface area contributed by atoms with Gasteiger partial charge < -0.3 is 10.1 Å². The Morgan fingerprint density at radius 1 is 1.17 bits per heavy atom. The van der Waals surface area contributed by atoms with Crippen LogP contribution in [0, 0.1) is 0 Å². The first kappa shape index (κ1) is 19.8. The molecule has 0 spiro atoms. The molecule has 0 aromatic carbocycles. The van der Waals surface area contributed by atoms with Crippen LogP contribution in [0.2, 0.25) is 0 Å². The standard InChI is InChI=1S/C19H24N8O3/c1-3-27-17-13(11-22-27)16(23-12-5-8-30-9-6-12)14(10-20-17)18(28)24-25-19(29)15-4-7-21-26(15)2/h4,7,10-12H,3,5-6,8-9H2,1-2H3,(H,20,23)(H,24,28)(H,25,29). The molecule has 4 rings (SSSR count). The van der Waals surface area contributed by atoms with E-state index in [2.05, 4.69) is 31.3 Å². The normalized spacial score (nSPS) is 14.6. The fourth-order valence-electron chi connectivity index (χ4n) is 3.47. The molecule has 1 aliphatic heterocycles. The van der Waals surface area contributed by atoms with Gasteiger partial charge in [-0.2, -0.15) is 10.2 Å². The van der Waals surface area contributed by atoms with Gasteiger partial charge >= 0.3 is 0 Å². The van der Waals surface area contributed by atoms with Crippen LogP contribution in [-0.4, -0.2) is 55.6 Å². The van der Waals surface area contributed by atoms with Gasteiger partial charge in [0.05, 0.1) is 22.8 Å². The van der Waals surface area contributed by atoms with Gasteiger partial charge in [-0.25, -0.2) is 9.67 Å². The Hall–Kier alpha value is -3.47. The third-order valence-electron chi connectivity index (χ3n) is 5.12. The summed E-state index contributed by atoms with van der Waals surface area (Å²) in [6, 6.07) is 1.73. The molecule has 4 heterocycles. The van der Waals surface area contributed by atoms with Gasteiger partial charge in [0.25, 0.3) is 11.8 Å². The number of aromatic nitrogens is 5. The van der Waals surface area contributed by atoms with Gasteiger partial charge in [-0.1, -0.05) is 0 Å². The zero-order valence-electron chi connectivity index (χ0n) is 16.9. The minimum Gasteiger partial charge on any atom is -0.381 e. The minimum absolute atomic E-state index is 0.171. The second kappa shape index (κ2) is 8.49. The molecule has 0 atom stereocenters. The molecule has 158 valence electrons. The summed E-state index contributed by atoms with van der Waals surface area (Å²) in [6.45, 7) is 3.98. The third-order valence-corrected chi connectivity index (χ3v) is 5.12. The second-order valence-electron chi connectivity index (χ2n) is 7.02. The zero-order valence-corrected chi connectivity index (χ0v) is 16.9. The van der Waals surface area contributed by atoms with Crippen molar-refractivity contribution in [2.45, 2.75) is 32.4 Å². The molecule has 0 radical (unpaired) electrons. The summed E-state index contributed by atoms with van der Waals surface area (Å²) in [5.41, 5.74) is 6.89. The number of ether oxygens (including phenoxy) is 1. The lowest BCUT2D eigenvalue weighted by molar-refractivity contribution is 0.0840. The van der Waals surface area contributed by atoms with Gasteiger partial charge in [0, 0.05) is 45.2 Å². The molecule has 11 heteroatoms. The van der Waals surface area contributed by atoms with E-state index in [9.17, 15) is 9.59 Å². The van der Waals surface area contributed by atoms with Gasteiger partial charge in [0.15, 0.2) is 5.65 Å². The number of fused-ring (bicyclic) bond motifs is 1. The Labute approximate surface area is 172 Å². The Balaban J connectivity index is 1.59. The van der Waals surface area contributed by atoms with Gasteiger partial charge in [-0.05, 0) is 25.8 Å². The molecule has 2 amide bonds. The zero-order chi connectivity index (χ0) is 21.1. The number of nitrogens with one attached hydrogen (secondary N) is 3. The monoisotopic (exact) mass is 412 g/mol. The molecule has 1 aliphatic rings. The Bertz CT molecular complexity index is 1070. The SMILES string of the molecule is CCn1ncc2c(NC3CCOCC3)c(C(=O)NNC(=O)c3ccnn3C)cnc21. The maximum absolute atomic E-state index is 12.9. The molecular formula is C19H24N8O3. The predicted molar refractivity (Wildman–Crippen MR) is 109 cm³/mol. The minimum atomic E-state index is -0.473. The van der Waals surface area contributed by atoms with Gasteiger partial charge in [0.2, 0.25) is 0 Å². The molecule has 0 saturated carbocycles. The number of amides is 2. The molecule has 0 bridgehead atoms. The maximum atomic E-state index is 12.9. The highest BCUT2D eigenvalue weighted by molar-refractivity contribution is 6.07. The number of hydrogen-bond donors (Lipinski definition) is 3. The smallest absolute Gasteiger partial charge is 0.287 e. The lowest BCUT2D eigenvalue weighted by Crippen LogP contribution is -2.42. The van der Waals surface area contributed by atoms with Gasteiger partial charge in [0.1, 0.15) is 5.69 Å². The van der Waals surface area contributed by atoms with Crippen molar-refractivity contribution in [2.24, 2.45) is 7.05 Å². The van der Waals surface area contributed by atoms with Gasteiger partial charge in [-0.15, -0.1) is 0 Å². The quantitative estimate of drug-likeness (QED) is 0.530. The molecular weight excluding hydrogens is 388 g/mol. The van der Waals surface area contributed by atoms with E-state index < -0.39 is 11.8 Å². The Morgan fingerprint density at radius 2 is 1.93 bits per heavy atom. The van der Waals surface area contributed by atoms with Crippen LogP contribution in [0.15, 0.2) is 24.7 Å². The number of hydrazine groups is 1. The topological polar surface area (TPSA) is 128 Å². The molecule has 0 unspecified atom stereocenters. The average molecular weight is 412 g/mol. The number of nitrogens with zero attached hydrogens (tertiary/aromatic N) is 5. The van der Waals surface area contributed by atoms with E-state index >= 15 is 0 Å². The van der Waals surface area contributed by atoms with Crippen LogP contribution in [0.25, 0.3) is 11.0 Å². The summed E-state index contributed by atoms with van der Waals surface area (Å²) < 4.78 is 8.63. The summed E-state index contributed by atoms with van der Waals surface area (Å²) in [5, 5.41) is 12.5. The van der Waals surface area contributed by atoms with Crippen LogP contribution in [0.3, 0.4) is 0 Å². The van der Waals surface area contributed by atoms with Crippen molar-refractivity contribution in [1.82, 2.24) is 35.4 Å². The van der Waals surface area contributed by atoms with E-state index in [1.165, 1.54) is 17.1 Å². The van der Waals surface area contributed by atoms with Gasteiger partial charge in [-0.3, -0.25) is 25.1 Å². The van der Waals surface area contributed by atoms with Crippen LogP contribution in [-0.2, 0) is 18.3 Å². The maximum Gasteiger partial charge on any atom is 0.287 e. The van der Waals surface area contributed by atoms with Crippen molar-refractivity contribution in [3.63, 3.8) is 0 Å². The Morgan fingerprint density at radius 3 is 2.63 bits per heavy atom. The summed E-state index contributed by atoms with van der Waals surface area (Å²) >= 11 is 0. The fraction of sp³-hybridized carbons (Fsp3) is 0.421. The number of rotatable bonds is 5. The molecule has 11 nitrogen and oxygen atoms in total. The largest absolute Gasteiger partial charge is 0.381 e. The van der Waals surface area contributed by atoms with E-state index in [1.54, 1.807) is 24.0 Å². The number of anilines is 1. The third kappa shape index (κ3) is 3.83. The molecule has 30 heavy (non-hydrogen) atoms. The first-order chi connectivity index (χ1) is 14.6. The highest BCUT2D eigenvalue weighted by atomic mass is 16.5. The van der Waals surface area contributed by atoms with E-state index in [0.29, 0.717) is 42.4 Å². The van der Waals surface area contributed by atoms with Crippen LogP contribution in [0.5, 0.6) is 0 Å². The highest BCUT2D eigenvalue weighted by Gasteiger charge is 2.22. The summed E-state index contributed by atoms with van der Waals surface area (Å²) in [5.74, 6) is -0.936.